The molecule has 0 aliphatic carbocycles. The second-order valence-corrected chi connectivity index (χ2v) is 8.33. The summed E-state index contributed by atoms with van der Waals surface area (Å²) >= 11 is 1.57. The molecule has 0 aliphatic rings. The van der Waals surface area contributed by atoms with E-state index in [2.05, 4.69) is 10.3 Å². The van der Waals surface area contributed by atoms with Gasteiger partial charge >= 0.3 is 5.97 Å². The molecule has 4 rings (SSSR count). The van der Waals surface area contributed by atoms with Crippen LogP contribution >= 0.6 is 11.3 Å². The first-order chi connectivity index (χ1) is 15.5. The fourth-order valence-corrected chi connectivity index (χ4v) is 3.71. The molecular weight excluding hydrogens is 424 g/mol. The van der Waals surface area contributed by atoms with Gasteiger partial charge < -0.3 is 14.8 Å². The van der Waals surface area contributed by atoms with Gasteiger partial charge in [0.15, 0.2) is 6.10 Å². The molecule has 6 nitrogen and oxygen atoms in total. The van der Waals surface area contributed by atoms with Gasteiger partial charge in [-0.2, -0.15) is 0 Å². The summed E-state index contributed by atoms with van der Waals surface area (Å²) < 4.78 is 11.0. The number of amides is 1. The van der Waals surface area contributed by atoms with Crippen LogP contribution in [-0.4, -0.2) is 23.0 Å². The lowest BCUT2D eigenvalue weighted by molar-refractivity contribution is -0.123. The van der Waals surface area contributed by atoms with E-state index in [0.717, 1.165) is 21.5 Å². The van der Waals surface area contributed by atoms with Crippen molar-refractivity contribution in [2.24, 2.45) is 0 Å². The minimum absolute atomic E-state index is 0.340. The van der Waals surface area contributed by atoms with E-state index >= 15 is 0 Å². The summed E-state index contributed by atoms with van der Waals surface area (Å²) in [5.74, 6) is -0.353. The van der Waals surface area contributed by atoms with Gasteiger partial charge in [-0.25, -0.2) is 9.78 Å². The maximum Gasteiger partial charge on any atom is 0.338 e. The number of hydrogen-bond donors (Lipinski definition) is 1. The van der Waals surface area contributed by atoms with Gasteiger partial charge in [-0.15, -0.1) is 11.3 Å². The molecule has 0 spiro atoms. The van der Waals surface area contributed by atoms with Gasteiger partial charge in [0.1, 0.15) is 12.4 Å². The highest BCUT2D eigenvalue weighted by Crippen LogP contribution is 2.20. The van der Waals surface area contributed by atoms with Gasteiger partial charge in [-0.05, 0) is 61.0 Å². The van der Waals surface area contributed by atoms with Crippen molar-refractivity contribution in [3.05, 3.63) is 88.4 Å². The summed E-state index contributed by atoms with van der Waals surface area (Å²) in [6.45, 7) is 3.85. The van der Waals surface area contributed by atoms with Gasteiger partial charge in [0.2, 0.25) is 0 Å². The number of nitrogens with zero attached hydrogens (tertiary/aromatic N) is 1. The maximum atomic E-state index is 12.5. The van der Waals surface area contributed by atoms with E-state index in [1.165, 1.54) is 0 Å². The molecule has 1 heterocycles. The van der Waals surface area contributed by atoms with Gasteiger partial charge in [-0.3, -0.25) is 4.79 Å². The molecule has 0 saturated carbocycles. The smallest absolute Gasteiger partial charge is 0.338 e. The predicted octanol–water partition coefficient (Wildman–Crippen LogP) is 5.37. The molecule has 0 aliphatic heterocycles. The zero-order chi connectivity index (χ0) is 22.5. The molecule has 4 aromatic rings. The topological polar surface area (TPSA) is 77.5 Å². The average Bonchev–Trinajstić information content (AvgIpc) is 3.23. The van der Waals surface area contributed by atoms with Crippen molar-refractivity contribution in [3.63, 3.8) is 0 Å². The molecule has 0 saturated heterocycles. The van der Waals surface area contributed by atoms with Crippen LogP contribution in [0.2, 0.25) is 0 Å². The third kappa shape index (κ3) is 5.31. The normalized spacial score (nSPS) is 11.7. The van der Waals surface area contributed by atoms with Crippen LogP contribution in [0.3, 0.4) is 0 Å². The van der Waals surface area contributed by atoms with Crippen LogP contribution in [0.5, 0.6) is 5.75 Å². The van der Waals surface area contributed by atoms with Crippen LogP contribution in [0, 0.1) is 6.92 Å². The summed E-state index contributed by atoms with van der Waals surface area (Å²) in [7, 11) is 0. The molecule has 1 aromatic heterocycles. The quantitative estimate of drug-likeness (QED) is 0.386. The number of nitrogens with one attached hydrogen (secondary N) is 1. The van der Waals surface area contributed by atoms with Crippen LogP contribution < -0.4 is 10.1 Å². The molecule has 1 amide bonds. The van der Waals surface area contributed by atoms with E-state index in [0.29, 0.717) is 23.6 Å². The molecule has 1 atom stereocenters. The Kier molecular flexibility index (Phi) is 6.47. The molecule has 3 aromatic carbocycles. The Labute approximate surface area is 189 Å². The summed E-state index contributed by atoms with van der Waals surface area (Å²) in [5, 5.41) is 7.83. The molecule has 0 fully saturated rings. The van der Waals surface area contributed by atoms with E-state index < -0.39 is 18.0 Å². The Balaban J connectivity index is 1.31. The molecule has 162 valence electrons. The first-order valence-corrected chi connectivity index (χ1v) is 11.0. The van der Waals surface area contributed by atoms with Gasteiger partial charge in [-0.1, -0.05) is 30.3 Å². The third-order valence-corrected chi connectivity index (χ3v) is 5.64. The van der Waals surface area contributed by atoms with Crippen molar-refractivity contribution >= 4 is 39.7 Å². The van der Waals surface area contributed by atoms with Crippen LogP contribution in [0.25, 0.3) is 10.8 Å². The number of aromatic nitrogens is 1. The zero-order valence-corrected chi connectivity index (χ0v) is 18.5. The minimum atomic E-state index is -0.946. The fraction of sp³-hybridized carbons (Fsp3) is 0.160. The number of hydrogen-bond acceptors (Lipinski definition) is 6. The third-order valence-electron chi connectivity index (χ3n) is 4.81. The average molecular weight is 447 g/mol. The lowest BCUT2D eigenvalue weighted by Crippen LogP contribution is -2.30. The van der Waals surface area contributed by atoms with Gasteiger partial charge in [0, 0.05) is 11.1 Å². The molecule has 7 heteroatoms. The molecule has 0 bridgehead atoms. The lowest BCUT2D eigenvalue weighted by Gasteiger charge is -2.14. The van der Waals surface area contributed by atoms with Crippen molar-refractivity contribution in [3.8, 4) is 5.75 Å². The van der Waals surface area contributed by atoms with Crippen molar-refractivity contribution in [1.29, 1.82) is 0 Å². The number of benzene rings is 3. The number of carbonyl (C=O) groups is 2. The molecule has 1 unspecified atom stereocenters. The second-order valence-electron chi connectivity index (χ2n) is 7.27. The summed E-state index contributed by atoms with van der Waals surface area (Å²) in [5.41, 5.74) is 1.85. The van der Waals surface area contributed by atoms with E-state index in [-0.39, 0.29) is 0 Å². The van der Waals surface area contributed by atoms with Gasteiger partial charge in [0.25, 0.3) is 5.91 Å². The number of carbonyl (C=O) groups excluding carboxylic acids is 2. The Bertz CT molecular complexity index is 1250. The predicted molar refractivity (Wildman–Crippen MR) is 125 cm³/mol. The maximum absolute atomic E-state index is 12.5. The number of anilines is 1. The number of rotatable bonds is 7. The molecule has 0 radical (unpaired) electrons. The first kappa shape index (κ1) is 21.5. The Hall–Kier alpha value is -3.71. The van der Waals surface area contributed by atoms with E-state index in [1.807, 2.05) is 54.8 Å². The molecule has 1 N–H and O–H groups in total. The minimum Gasteiger partial charge on any atom is -0.487 e. The van der Waals surface area contributed by atoms with Crippen LogP contribution in [-0.2, 0) is 16.1 Å². The Morgan fingerprint density at radius 3 is 2.50 bits per heavy atom. The summed E-state index contributed by atoms with van der Waals surface area (Å²) in [6.07, 6.45) is -0.946. The van der Waals surface area contributed by atoms with Crippen molar-refractivity contribution < 1.29 is 19.1 Å². The number of esters is 1. The summed E-state index contributed by atoms with van der Waals surface area (Å²) in [4.78, 5) is 29.3. The van der Waals surface area contributed by atoms with E-state index in [1.54, 1.807) is 42.5 Å². The summed E-state index contributed by atoms with van der Waals surface area (Å²) in [6, 6.07) is 20.1. The van der Waals surface area contributed by atoms with Crippen LogP contribution in [0.4, 0.5) is 5.69 Å². The highest BCUT2D eigenvalue weighted by molar-refractivity contribution is 7.09. The standard InChI is InChI=1S/C25H22N2O4S/c1-16(24(28)27-21-10-7-18-5-3-4-6-20(18)13-21)31-25(29)19-8-11-23(12-9-19)30-14-22-15-32-17(2)26-22/h3-13,15-16H,14H2,1-2H3,(H,27,28). The largest absolute Gasteiger partial charge is 0.487 e. The van der Waals surface area contributed by atoms with E-state index in [4.69, 9.17) is 9.47 Å². The number of ether oxygens (including phenoxy) is 2. The number of aryl methyl sites for hydroxylation is 1. The molecular formula is C25H22N2O4S. The highest BCUT2D eigenvalue weighted by Gasteiger charge is 2.19. The van der Waals surface area contributed by atoms with Crippen LogP contribution in [0.1, 0.15) is 28.0 Å². The second kappa shape index (κ2) is 9.62. The van der Waals surface area contributed by atoms with Gasteiger partial charge in [0.05, 0.1) is 16.3 Å². The lowest BCUT2D eigenvalue weighted by atomic mass is 10.1. The Morgan fingerprint density at radius 1 is 1.03 bits per heavy atom. The van der Waals surface area contributed by atoms with Crippen molar-refractivity contribution in [2.75, 3.05) is 5.32 Å². The molecule has 32 heavy (non-hydrogen) atoms. The number of thiazole rings is 1. The monoisotopic (exact) mass is 446 g/mol. The number of fused-ring (bicyclic) bond motifs is 1. The fourth-order valence-electron chi connectivity index (χ4n) is 3.11. The SMILES string of the molecule is Cc1nc(COc2ccc(C(=O)OC(C)C(=O)Nc3ccc4ccccc4c3)cc2)cs1. The zero-order valence-electron chi connectivity index (χ0n) is 17.7. The Morgan fingerprint density at radius 2 is 1.78 bits per heavy atom. The van der Waals surface area contributed by atoms with Crippen molar-refractivity contribution in [2.45, 2.75) is 26.6 Å². The van der Waals surface area contributed by atoms with Crippen LogP contribution in [0.15, 0.2) is 72.1 Å². The highest BCUT2D eigenvalue weighted by atomic mass is 32.1. The van der Waals surface area contributed by atoms with Crippen molar-refractivity contribution in [1.82, 2.24) is 4.98 Å². The van der Waals surface area contributed by atoms with E-state index in [9.17, 15) is 9.59 Å². The first-order valence-electron chi connectivity index (χ1n) is 10.1.